The molecule has 0 radical (unpaired) electrons. The van der Waals surface area contributed by atoms with Crippen molar-refractivity contribution in [2.24, 2.45) is 51.8 Å². The van der Waals surface area contributed by atoms with Gasteiger partial charge in [0.1, 0.15) is 0 Å². The number of rotatable bonds is 6. The SMILES string of the molecule is C.CC.CCC(C)CCCC1CCC2C3CC4(C)CC(C)CC4(C)C3CC12C.CCCC. The van der Waals surface area contributed by atoms with Gasteiger partial charge in [0.15, 0.2) is 0 Å². The number of unbranched alkanes of at least 4 members (excludes halogenated alkanes) is 1. The molecule has 0 heteroatoms. The molecule has 0 N–H and O–H groups in total. The Kier molecular flexibility index (Phi) is 11.4. The van der Waals surface area contributed by atoms with E-state index in [9.17, 15) is 0 Å². The van der Waals surface area contributed by atoms with Gasteiger partial charge >= 0.3 is 0 Å². The van der Waals surface area contributed by atoms with E-state index in [1.807, 2.05) is 13.8 Å². The molecule has 9 atom stereocenters. The Balaban J connectivity index is 0.000000662. The van der Waals surface area contributed by atoms with Crippen molar-refractivity contribution in [3.8, 4) is 0 Å². The molecule has 192 valence electrons. The molecule has 0 saturated heterocycles. The molecule has 4 rings (SSSR count). The Morgan fingerprint density at radius 3 is 2.03 bits per heavy atom. The van der Waals surface area contributed by atoms with E-state index in [1.54, 1.807) is 25.7 Å². The third-order valence-corrected chi connectivity index (χ3v) is 11.2. The molecule has 0 aromatic rings. The van der Waals surface area contributed by atoms with Crippen LogP contribution in [0.2, 0.25) is 0 Å². The zero-order valence-corrected chi connectivity index (χ0v) is 23.4. The van der Waals surface area contributed by atoms with Gasteiger partial charge in [0.2, 0.25) is 0 Å². The van der Waals surface area contributed by atoms with E-state index in [0.29, 0.717) is 16.2 Å². The smallest absolute Gasteiger partial charge is 0.0238 e. The summed E-state index contributed by atoms with van der Waals surface area (Å²) in [7, 11) is 0. The molecule has 0 aliphatic heterocycles. The van der Waals surface area contributed by atoms with Crippen molar-refractivity contribution in [3.63, 3.8) is 0 Å². The van der Waals surface area contributed by atoms with E-state index in [0.717, 1.165) is 35.5 Å². The van der Waals surface area contributed by atoms with Crippen LogP contribution in [-0.2, 0) is 0 Å². The molecule has 4 saturated carbocycles. The van der Waals surface area contributed by atoms with Crippen LogP contribution in [-0.4, -0.2) is 0 Å². The average molecular weight is 449 g/mol. The van der Waals surface area contributed by atoms with E-state index in [2.05, 4.69) is 55.4 Å². The van der Waals surface area contributed by atoms with E-state index in [1.165, 1.54) is 51.4 Å². The Hall–Kier alpha value is 0. The molecule has 0 aromatic carbocycles. The zero-order chi connectivity index (χ0) is 23.4. The van der Waals surface area contributed by atoms with Gasteiger partial charge in [0.05, 0.1) is 0 Å². The Bertz CT molecular complexity index is 534. The summed E-state index contributed by atoms with van der Waals surface area (Å²) in [4.78, 5) is 0. The summed E-state index contributed by atoms with van der Waals surface area (Å²) in [5.74, 6) is 6.14. The van der Waals surface area contributed by atoms with Gasteiger partial charge in [0, 0.05) is 0 Å². The molecule has 4 aliphatic carbocycles. The molecule has 0 spiro atoms. The summed E-state index contributed by atoms with van der Waals surface area (Å²) in [6.45, 7) is 23.8. The van der Waals surface area contributed by atoms with E-state index < -0.39 is 0 Å². The highest BCUT2D eigenvalue weighted by molar-refractivity contribution is 5.19. The number of hydrogen-bond donors (Lipinski definition) is 0. The predicted molar refractivity (Wildman–Crippen MR) is 147 cm³/mol. The van der Waals surface area contributed by atoms with Crippen molar-refractivity contribution in [3.05, 3.63) is 0 Å². The van der Waals surface area contributed by atoms with E-state index >= 15 is 0 Å². The fourth-order valence-corrected chi connectivity index (χ4v) is 9.12. The normalized spacial score (nSPS) is 44.2. The molecular formula is C32H64. The van der Waals surface area contributed by atoms with Crippen molar-refractivity contribution in [1.29, 1.82) is 0 Å². The van der Waals surface area contributed by atoms with Gasteiger partial charge in [-0.2, -0.15) is 0 Å². The Morgan fingerprint density at radius 1 is 0.844 bits per heavy atom. The van der Waals surface area contributed by atoms with Crippen LogP contribution >= 0.6 is 0 Å². The lowest BCUT2D eigenvalue weighted by Crippen LogP contribution is -2.34. The van der Waals surface area contributed by atoms with Crippen LogP contribution in [0, 0.1) is 51.8 Å². The van der Waals surface area contributed by atoms with Crippen LogP contribution in [0.5, 0.6) is 0 Å². The molecule has 32 heavy (non-hydrogen) atoms. The minimum absolute atomic E-state index is 0. The van der Waals surface area contributed by atoms with Gasteiger partial charge < -0.3 is 0 Å². The van der Waals surface area contributed by atoms with Crippen molar-refractivity contribution < 1.29 is 0 Å². The van der Waals surface area contributed by atoms with Crippen molar-refractivity contribution in [2.75, 3.05) is 0 Å². The second kappa shape index (κ2) is 12.1. The highest BCUT2D eigenvalue weighted by Crippen LogP contribution is 2.77. The highest BCUT2D eigenvalue weighted by atomic mass is 14.7. The fraction of sp³-hybridized carbons (Fsp3) is 1.00. The Morgan fingerprint density at radius 2 is 1.47 bits per heavy atom. The van der Waals surface area contributed by atoms with Crippen molar-refractivity contribution >= 4 is 0 Å². The predicted octanol–water partition coefficient (Wildman–Crippen LogP) is 11.2. The summed E-state index contributed by atoms with van der Waals surface area (Å²) in [5.41, 5.74) is 2.02. The molecule has 0 nitrogen and oxygen atoms in total. The van der Waals surface area contributed by atoms with Gasteiger partial charge in [-0.05, 0) is 96.7 Å². The lowest BCUT2D eigenvalue weighted by Gasteiger charge is -2.42. The van der Waals surface area contributed by atoms with Crippen LogP contribution in [0.25, 0.3) is 0 Å². The van der Waals surface area contributed by atoms with Gasteiger partial charge in [-0.15, -0.1) is 0 Å². The standard InChI is InChI=1S/C25H44.C4H10.C2H6.CH4/c1-7-17(2)9-8-10-19-11-12-21-20-15-23(4)13-18(3)14-25(23,6)22(20)16-24(19,21)5;1-3-4-2;1-2;/h17-22H,7-16H2,1-6H3;3-4H2,1-2H3;1-2H3;1H4. The van der Waals surface area contributed by atoms with Gasteiger partial charge in [-0.3, -0.25) is 0 Å². The number of hydrogen-bond acceptors (Lipinski definition) is 0. The minimum atomic E-state index is 0. The summed E-state index contributed by atoms with van der Waals surface area (Å²) in [6.07, 6.45) is 17.8. The summed E-state index contributed by atoms with van der Waals surface area (Å²) in [5, 5.41) is 0. The van der Waals surface area contributed by atoms with Crippen molar-refractivity contribution in [2.45, 2.75) is 154 Å². The first-order chi connectivity index (χ1) is 14.6. The maximum atomic E-state index is 2.73. The first kappa shape index (κ1) is 30.0. The fourth-order valence-electron chi connectivity index (χ4n) is 9.12. The quantitative estimate of drug-likeness (QED) is 0.379. The third kappa shape index (κ3) is 5.30. The Labute approximate surface area is 205 Å². The molecule has 4 fully saturated rings. The second-order valence-electron chi connectivity index (χ2n) is 13.0. The molecule has 0 amide bonds. The lowest BCUT2D eigenvalue weighted by atomic mass is 9.63. The van der Waals surface area contributed by atoms with Gasteiger partial charge in [0.25, 0.3) is 0 Å². The molecule has 4 aliphatic rings. The topological polar surface area (TPSA) is 0 Å². The van der Waals surface area contributed by atoms with Crippen LogP contribution in [0.1, 0.15) is 154 Å². The van der Waals surface area contributed by atoms with Gasteiger partial charge in [-0.25, -0.2) is 0 Å². The van der Waals surface area contributed by atoms with E-state index in [-0.39, 0.29) is 7.43 Å². The summed E-state index contributed by atoms with van der Waals surface area (Å²) in [6, 6.07) is 0. The maximum Gasteiger partial charge on any atom is -0.0238 e. The lowest BCUT2D eigenvalue weighted by molar-refractivity contribution is 0.0717. The minimum Gasteiger partial charge on any atom is -0.0776 e. The van der Waals surface area contributed by atoms with Crippen molar-refractivity contribution in [1.82, 2.24) is 0 Å². The molecule has 0 bridgehead atoms. The van der Waals surface area contributed by atoms with Crippen LogP contribution < -0.4 is 0 Å². The maximum absolute atomic E-state index is 2.73. The first-order valence-corrected chi connectivity index (χ1v) is 14.6. The molecule has 9 unspecified atom stereocenters. The molecule has 0 heterocycles. The number of fused-ring (bicyclic) bond motifs is 5. The monoisotopic (exact) mass is 449 g/mol. The van der Waals surface area contributed by atoms with Crippen LogP contribution in [0.4, 0.5) is 0 Å². The average Bonchev–Trinajstić information content (AvgIpc) is 3.35. The van der Waals surface area contributed by atoms with Gasteiger partial charge in [-0.1, -0.05) is 109 Å². The summed E-state index contributed by atoms with van der Waals surface area (Å²) >= 11 is 0. The zero-order valence-electron chi connectivity index (χ0n) is 23.4. The van der Waals surface area contributed by atoms with E-state index in [4.69, 9.17) is 0 Å². The van der Waals surface area contributed by atoms with Crippen LogP contribution in [0.15, 0.2) is 0 Å². The molecular weight excluding hydrogens is 384 g/mol. The summed E-state index contributed by atoms with van der Waals surface area (Å²) < 4.78 is 0. The largest absolute Gasteiger partial charge is 0.0776 e. The highest BCUT2D eigenvalue weighted by Gasteiger charge is 2.70. The first-order valence-electron chi connectivity index (χ1n) is 14.6. The second-order valence-corrected chi connectivity index (χ2v) is 13.0. The van der Waals surface area contributed by atoms with Crippen LogP contribution in [0.3, 0.4) is 0 Å². The molecule has 0 aromatic heterocycles. The third-order valence-electron chi connectivity index (χ3n) is 11.2.